The van der Waals surface area contributed by atoms with Crippen LogP contribution in [0, 0.1) is 17.8 Å². The van der Waals surface area contributed by atoms with E-state index in [2.05, 4.69) is 17.2 Å². The molecule has 0 atom stereocenters. The Morgan fingerprint density at radius 1 is 1.30 bits per heavy atom. The third-order valence-electron chi connectivity index (χ3n) is 3.61. The molecule has 0 unspecified atom stereocenters. The van der Waals surface area contributed by atoms with Gasteiger partial charge < -0.3 is 10.4 Å². The van der Waals surface area contributed by atoms with E-state index in [1.807, 2.05) is 24.3 Å². The Morgan fingerprint density at radius 2 is 2.05 bits per heavy atom. The fraction of sp³-hybridized carbons (Fsp3) is 0.471. The van der Waals surface area contributed by atoms with Gasteiger partial charge in [-0.3, -0.25) is 4.79 Å². The van der Waals surface area contributed by atoms with Gasteiger partial charge in [0.25, 0.3) is 0 Å². The van der Waals surface area contributed by atoms with Crippen molar-refractivity contribution in [2.75, 3.05) is 11.9 Å². The van der Waals surface area contributed by atoms with E-state index in [1.54, 1.807) is 0 Å². The van der Waals surface area contributed by atoms with Crippen molar-refractivity contribution >= 4 is 11.6 Å². The Bertz CT molecular complexity index is 507. The number of nitrogens with one attached hydrogen (secondary N) is 1. The summed E-state index contributed by atoms with van der Waals surface area (Å²) < 4.78 is 0. The van der Waals surface area contributed by atoms with Crippen LogP contribution in [-0.2, 0) is 4.79 Å². The van der Waals surface area contributed by atoms with E-state index in [0.29, 0.717) is 18.8 Å². The van der Waals surface area contributed by atoms with Gasteiger partial charge in [-0.25, -0.2) is 0 Å². The van der Waals surface area contributed by atoms with E-state index >= 15 is 0 Å². The van der Waals surface area contributed by atoms with Crippen molar-refractivity contribution in [1.82, 2.24) is 0 Å². The van der Waals surface area contributed by atoms with Gasteiger partial charge in [-0.15, -0.1) is 0 Å². The standard InChI is InChI=1S/C17H21NO2/c19-12-6-5-10-15-9-3-4-11-16(15)18-17(20)13-14-7-1-2-8-14/h3-4,9,11,14,19H,1-2,6-8,12-13H2,(H,18,20). The molecule has 0 aliphatic heterocycles. The maximum atomic E-state index is 12.1. The molecular formula is C17H21NO2. The summed E-state index contributed by atoms with van der Waals surface area (Å²) in [5.41, 5.74) is 1.57. The van der Waals surface area contributed by atoms with Gasteiger partial charge in [0, 0.05) is 18.4 Å². The molecule has 3 nitrogen and oxygen atoms in total. The molecule has 106 valence electrons. The average molecular weight is 271 g/mol. The molecule has 1 amide bonds. The molecule has 0 radical (unpaired) electrons. The zero-order valence-corrected chi connectivity index (χ0v) is 11.7. The fourth-order valence-electron chi connectivity index (χ4n) is 2.59. The lowest BCUT2D eigenvalue weighted by Gasteiger charge is -2.10. The SMILES string of the molecule is O=C(CC1CCCC1)Nc1ccccc1C#CCCO. The molecule has 1 aromatic carbocycles. The minimum Gasteiger partial charge on any atom is -0.395 e. The number of anilines is 1. The van der Waals surface area contributed by atoms with Crippen LogP contribution in [0.25, 0.3) is 0 Å². The van der Waals surface area contributed by atoms with Gasteiger partial charge in [0.2, 0.25) is 5.91 Å². The van der Waals surface area contributed by atoms with E-state index < -0.39 is 0 Å². The number of rotatable bonds is 4. The first-order valence-corrected chi connectivity index (χ1v) is 7.28. The minimum atomic E-state index is 0.0587. The highest BCUT2D eigenvalue weighted by Crippen LogP contribution is 2.28. The largest absolute Gasteiger partial charge is 0.395 e. The molecule has 1 saturated carbocycles. The lowest BCUT2D eigenvalue weighted by Crippen LogP contribution is -2.15. The Hall–Kier alpha value is -1.79. The van der Waals surface area contributed by atoms with Crippen molar-refractivity contribution < 1.29 is 9.90 Å². The van der Waals surface area contributed by atoms with E-state index in [9.17, 15) is 4.79 Å². The van der Waals surface area contributed by atoms with Gasteiger partial charge in [0.15, 0.2) is 0 Å². The van der Waals surface area contributed by atoms with Crippen molar-refractivity contribution in [3.8, 4) is 11.8 Å². The summed E-state index contributed by atoms with van der Waals surface area (Å²) in [6.45, 7) is 0.0587. The number of carbonyl (C=O) groups is 1. The van der Waals surface area contributed by atoms with Gasteiger partial charge in [-0.05, 0) is 30.9 Å². The van der Waals surface area contributed by atoms with Gasteiger partial charge in [-0.2, -0.15) is 0 Å². The predicted octanol–water partition coefficient (Wildman–Crippen LogP) is 2.94. The molecule has 1 aromatic rings. The molecule has 2 N–H and O–H groups in total. The van der Waals surface area contributed by atoms with E-state index in [4.69, 9.17) is 5.11 Å². The first-order chi connectivity index (χ1) is 9.79. The molecule has 0 spiro atoms. The molecule has 1 aliphatic rings. The van der Waals surface area contributed by atoms with Crippen LogP contribution < -0.4 is 5.32 Å². The first kappa shape index (κ1) is 14.6. The van der Waals surface area contributed by atoms with Crippen LogP contribution in [0.1, 0.15) is 44.1 Å². The maximum Gasteiger partial charge on any atom is 0.224 e. The third kappa shape index (κ3) is 4.40. The summed E-state index contributed by atoms with van der Waals surface area (Å²) in [4.78, 5) is 12.1. The van der Waals surface area contributed by atoms with Crippen molar-refractivity contribution in [3.63, 3.8) is 0 Å². The van der Waals surface area contributed by atoms with Gasteiger partial charge in [-0.1, -0.05) is 36.8 Å². The molecule has 0 heterocycles. The highest BCUT2D eigenvalue weighted by molar-refractivity contribution is 5.92. The predicted molar refractivity (Wildman–Crippen MR) is 80.2 cm³/mol. The Balaban J connectivity index is 1.97. The molecular weight excluding hydrogens is 250 g/mol. The smallest absolute Gasteiger partial charge is 0.224 e. The van der Waals surface area contributed by atoms with Crippen LogP contribution in [0.5, 0.6) is 0 Å². The number of hydrogen-bond donors (Lipinski definition) is 2. The number of hydrogen-bond acceptors (Lipinski definition) is 2. The molecule has 20 heavy (non-hydrogen) atoms. The molecule has 0 aromatic heterocycles. The summed E-state index contributed by atoms with van der Waals surface area (Å²) >= 11 is 0. The maximum absolute atomic E-state index is 12.1. The zero-order valence-electron chi connectivity index (χ0n) is 11.7. The quantitative estimate of drug-likeness (QED) is 0.827. The number of para-hydroxylation sites is 1. The summed E-state index contributed by atoms with van der Waals surface area (Å²) in [6.07, 6.45) is 5.90. The highest BCUT2D eigenvalue weighted by atomic mass is 16.2. The second-order valence-corrected chi connectivity index (χ2v) is 5.22. The molecule has 3 heteroatoms. The van der Waals surface area contributed by atoms with Crippen LogP contribution in [0.15, 0.2) is 24.3 Å². The number of carbonyl (C=O) groups excluding carboxylic acids is 1. The normalized spacial score (nSPS) is 14.7. The van der Waals surface area contributed by atoms with E-state index in [1.165, 1.54) is 25.7 Å². The van der Waals surface area contributed by atoms with Crippen molar-refractivity contribution in [2.24, 2.45) is 5.92 Å². The van der Waals surface area contributed by atoms with Crippen LogP contribution in [-0.4, -0.2) is 17.6 Å². The van der Waals surface area contributed by atoms with Crippen LogP contribution in [0.4, 0.5) is 5.69 Å². The topological polar surface area (TPSA) is 49.3 Å². The molecule has 1 aliphatic carbocycles. The Labute approximate surface area is 120 Å². The number of benzene rings is 1. The highest BCUT2D eigenvalue weighted by Gasteiger charge is 2.18. The summed E-state index contributed by atoms with van der Waals surface area (Å²) in [6, 6.07) is 7.54. The number of amides is 1. The van der Waals surface area contributed by atoms with Crippen molar-refractivity contribution in [2.45, 2.75) is 38.5 Å². The van der Waals surface area contributed by atoms with Crippen LogP contribution in [0.3, 0.4) is 0 Å². The second kappa shape index (κ2) is 7.72. The van der Waals surface area contributed by atoms with E-state index in [0.717, 1.165) is 11.3 Å². The first-order valence-electron chi connectivity index (χ1n) is 7.28. The van der Waals surface area contributed by atoms with Gasteiger partial charge in [0.05, 0.1) is 12.3 Å². The van der Waals surface area contributed by atoms with Crippen LogP contribution in [0.2, 0.25) is 0 Å². The molecule has 0 saturated heterocycles. The minimum absolute atomic E-state index is 0.0587. The van der Waals surface area contributed by atoms with Crippen molar-refractivity contribution in [1.29, 1.82) is 0 Å². The van der Waals surface area contributed by atoms with Gasteiger partial charge >= 0.3 is 0 Å². The lowest BCUT2D eigenvalue weighted by molar-refractivity contribution is -0.117. The fourth-order valence-corrected chi connectivity index (χ4v) is 2.59. The van der Waals surface area contributed by atoms with Gasteiger partial charge in [0.1, 0.15) is 0 Å². The Morgan fingerprint density at radius 3 is 2.80 bits per heavy atom. The third-order valence-corrected chi connectivity index (χ3v) is 3.61. The average Bonchev–Trinajstić information content (AvgIpc) is 2.93. The summed E-state index contributed by atoms with van der Waals surface area (Å²) in [5, 5.41) is 11.7. The second-order valence-electron chi connectivity index (χ2n) is 5.22. The van der Waals surface area contributed by atoms with E-state index in [-0.39, 0.29) is 12.5 Å². The number of aliphatic hydroxyl groups excluding tert-OH is 1. The molecule has 1 fully saturated rings. The molecule has 0 bridgehead atoms. The summed E-state index contributed by atoms with van der Waals surface area (Å²) in [5.74, 6) is 6.50. The van der Waals surface area contributed by atoms with Crippen molar-refractivity contribution in [3.05, 3.63) is 29.8 Å². The monoisotopic (exact) mass is 271 g/mol. The molecule has 2 rings (SSSR count). The lowest BCUT2D eigenvalue weighted by atomic mass is 10.0. The number of aliphatic hydroxyl groups is 1. The zero-order chi connectivity index (χ0) is 14.2. The Kier molecular flexibility index (Phi) is 5.64. The van der Waals surface area contributed by atoms with Crippen LogP contribution >= 0.6 is 0 Å². The summed E-state index contributed by atoms with van der Waals surface area (Å²) in [7, 11) is 0.